The Kier molecular flexibility index (Phi) is 5.57. The van der Waals surface area contributed by atoms with Gasteiger partial charge in [-0.15, -0.1) is 5.10 Å². The number of nitrogens with zero attached hydrogens (tertiary/aromatic N) is 5. The normalized spacial score (nSPS) is 10.7. The molecular formula is C17H19N7OS. The van der Waals surface area contributed by atoms with E-state index in [1.165, 1.54) is 11.8 Å². The van der Waals surface area contributed by atoms with Crippen molar-refractivity contribution in [1.82, 2.24) is 30.1 Å². The van der Waals surface area contributed by atoms with Crippen LogP contribution in [0.25, 0.3) is 11.5 Å². The molecule has 0 saturated heterocycles. The fourth-order valence-electron chi connectivity index (χ4n) is 2.52. The largest absolute Gasteiger partial charge is 0.293 e. The Hall–Kier alpha value is -2.81. The third-order valence-corrected chi connectivity index (χ3v) is 4.38. The first-order valence-electron chi connectivity index (χ1n) is 8.08. The highest BCUT2D eigenvalue weighted by Gasteiger charge is 2.13. The third-order valence-electron chi connectivity index (χ3n) is 3.83. The first-order valence-corrected chi connectivity index (χ1v) is 9.31. The van der Waals surface area contributed by atoms with Gasteiger partial charge in [0, 0.05) is 24.0 Å². The quantitative estimate of drug-likeness (QED) is 0.507. The Bertz CT molecular complexity index is 887. The van der Waals surface area contributed by atoms with E-state index < -0.39 is 0 Å². The minimum absolute atomic E-state index is 0.163. The van der Waals surface area contributed by atoms with E-state index in [1.807, 2.05) is 38.3 Å². The monoisotopic (exact) mass is 369 g/mol. The molecule has 3 aromatic rings. The summed E-state index contributed by atoms with van der Waals surface area (Å²) in [6.07, 6.45) is 4.48. The average Bonchev–Trinajstić information content (AvgIpc) is 3.10. The van der Waals surface area contributed by atoms with Crippen molar-refractivity contribution >= 4 is 23.6 Å². The lowest BCUT2D eigenvalue weighted by atomic mass is 10.1. The van der Waals surface area contributed by atoms with Crippen LogP contribution in [0.15, 0.2) is 29.6 Å². The topological polar surface area (TPSA) is 109 Å². The fraction of sp³-hybridized carbons (Fsp3) is 0.294. The maximum atomic E-state index is 12.2. The summed E-state index contributed by atoms with van der Waals surface area (Å²) < 4.78 is 0. The van der Waals surface area contributed by atoms with Gasteiger partial charge in [0.2, 0.25) is 11.9 Å². The summed E-state index contributed by atoms with van der Waals surface area (Å²) >= 11 is 1.51. The molecular weight excluding hydrogens is 350 g/mol. The van der Waals surface area contributed by atoms with Gasteiger partial charge in [0.25, 0.3) is 0 Å². The second kappa shape index (κ2) is 8.05. The lowest BCUT2D eigenvalue weighted by Crippen LogP contribution is -2.14. The van der Waals surface area contributed by atoms with E-state index >= 15 is 0 Å². The summed E-state index contributed by atoms with van der Waals surface area (Å²) in [7, 11) is 0. The molecule has 134 valence electrons. The number of anilines is 1. The van der Waals surface area contributed by atoms with E-state index in [0.717, 1.165) is 22.1 Å². The van der Waals surface area contributed by atoms with Crippen LogP contribution in [0, 0.1) is 13.8 Å². The molecule has 8 nitrogen and oxygen atoms in total. The first kappa shape index (κ1) is 18.0. The standard InChI is InChI=1S/C17H19N7OS/c1-10-12(11(2)20-17(19-10)26-3)7-8-14(25)21-16-22-15(23-24-16)13-6-4-5-9-18-13/h4-6,9H,7-8H2,1-3H3,(H2,21,22,23,24,25). The number of hydrogen-bond donors (Lipinski definition) is 2. The number of aromatic amines is 1. The summed E-state index contributed by atoms with van der Waals surface area (Å²) in [4.78, 5) is 29.5. The lowest BCUT2D eigenvalue weighted by molar-refractivity contribution is -0.116. The molecule has 1 amide bonds. The summed E-state index contributed by atoms with van der Waals surface area (Å²) in [5.74, 6) is 0.580. The van der Waals surface area contributed by atoms with Gasteiger partial charge in [-0.25, -0.2) is 9.97 Å². The number of carbonyl (C=O) groups is 1. The van der Waals surface area contributed by atoms with Crippen molar-refractivity contribution in [2.45, 2.75) is 31.8 Å². The molecule has 0 fully saturated rings. The van der Waals surface area contributed by atoms with Crippen molar-refractivity contribution in [3.8, 4) is 11.5 Å². The van der Waals surface area contributed by atoms with Gasteiger partial charge in [0.05, 0.1) is 0 Å². The molecule has 0 radical (unpaired) electrons. The fourth-order valence-corrected chi connectivity index (χ4v) is 2.98. The first-order chi connectivity index (χ1) is 12.6. The molecule has 2 N–H and O–H groups in total. The number of amides is 1. The van der Waals surface area contributed by atoms with E-state index in [-0.39, 0.29) is 11.9 Å². The molecule has 0 aliphatic carbocycles. The molecule has 0 saturated carbocycles. The van der Waals surface area contributed by atoms with Gasteiger partial charge in [0.15, 0.2) is 11.0 Å². The number of thioether (sulfide) groups is 1. The third kappa shape index (κ3) is 4.23. The number of H-pyrrole nitrogens is 1. The Morgan fingerprint density at radius 1 is 1.19 bits per heavy atom. The van der Waals surface area contributed by atoms with E-state index in [2.05, 4.69) is 35.5 Å². The summed E-state index contributed by atoms with van der Waals surface area (Å²) in [5, 5.41) is 10.2. The molecule has 0 aliphatic rings. The number of rotatable bonds is 6. The van der Waals surface area contributed by atoms with Crippen LogP contribution in [0.1, 0.15) is 23.4 Å². The molecule has 0 spiro atoms. The molecule has 0 atom stereocenters. The number of hydrogen-bond acceptors (Lipinski definition) is 7. The second-order valence-electron chi connectivity index (χ2n) is 5.63. The van der Waals surface area contributed by atoms with E-state index in [1.54, 1.807) is 6.20 Å². The van der Waals surface area contributed by atoms with Gasteiger partial charge in [-0.3, -0.25) is 20.2 Å². The SMILES string of the molecule is CSc1nc(C)c(CCC(=O)Nc2n[nH]c(-c3ccccn3)n2)c(C)n1. The van der Waals surface area contributed by atoms with Gasteiger partial charge >= 0.3 is 0 Å². The Labute approximate surface area is 155 Å². The number of aromatic nitrogens is 6. The second-order valence-corrected chi connectivity index (χ2v) is 6.40. The Balaban J connectivity index is 1.61. The summed E-state index contributed by atoms with van der Waals surface area (Å²) in [6, 6.07) is 5.50. The minimum atomic E-state index is -0.163. The van der Waals surface area contributed by atoms with Crippen LogP contribution < -0.4 is 5.32 Å². The molecule has 0 unspecified atom stereocenters. The van der Waals surface area contributed by atoms with E-state index in [9.17, 15) is 4.79 Å². The van der Waals surface area contributed by atoms with Crippen LogP contribution in [-0.2, 0) is 11.2 Å². The average molecular weight is 369 g/mol. The van der Waals surface area contributed by atoms with Crippen molar-refractivity contribution in [3.63, 3.8) is 0 Å². The summed E-state index contributed by atoms with van der Waals surface area (Å²) in [6.45, 7) is 3.88. The zero-order valence-corrected chi connectivity index (χ0v) is 15.6. The van der Waals surface area contributed by atoms with Crippen LogP contribution >= 0.6 is 11.8 Å². The van der Waals surface area contributed by atoms with Crippen LogP contribution in [0.3, 0.4) is 0 Å². The van der Waals surface area contributed by atoms with Crippen LogP contribution in [0.5, 0.6) is 0 Å². The molecule has 9 heteroatoms. The highest BCUT2D eigenvalue weighted by atomic mass is 32.2. The van der Waals surface area contributed by atoms with Crippen LogP contribution in [-0.4, -0.2) is 42.3 Å². The Morgan fingerprint density at radius 2 is 1.96 bits per heavy atom. The van der Waals surface area contributed by atoms with Gasteiger partial charge < -0.3 is 0 Å². The minimum Gasteiger partial charge on any atom is -0.293 e. The van der Waals surface area contributed by atoms with Crippen molar-refractivity contribution < 1.29 is 4.79 Å². The predicted molar refractivity (Wildman–Crippen MR) is 99.9 cm³/mol. The zero-order chi connectivity index (χ0) is 18.5. The maximum absolute atomic E-state index is 12.2. The molecule has 0 aromatic carbocycles. The van der Waals surface area contributed by atoms with Crippen molar-refractivity contribution in [2.24, 2.45) is 0 Å². The van der Waals surface area contributed by atoms with Gasteiger partial charge in [-0.2, -0.15) is 4.98 Å². The summed E-state index contributed by atoms with van der Waals surface area (Å²) in [5.41, 5.74) is 3.48. The molecule has 3 heterocycles. The van der Waals surface area contributed by atoms with Crippen molar-refractivity contribution in [2.75, 3.05) is 11.6 Å². The van der Waals surface area contributed by atoms with Gasteiger partial charge in [0.1, 0.15) is 5.69 Å². The molecule has 3 aromatic heterocycles. The zero-order valence-electron chi connectivity index (χ0n) is 14.8. The highest BCUT2D eigenvalue weighted by Crippen LogP contribution is 2.17. The van der Waals surface area contributed by atoms with Crippen LogP contribution in [0.2, 0.25) is 0 Å². The molecule has 3 rings (SSSR count). The molecule has 0 bridgehead atoms. The molecule has 26 heavy (non-hydrogen) atoms. The lowest BCUT2D eigenvalue weighted by Gasteiger charge is -2.09. The molecule has 0 aliphatic heterocycles. The number of nitrogens with one attached hydrogen (secondary N) is 2. The van der Waals surface area contributed by atoms with E-state index in [4.69, 9.17) is 0 Å². The smallest absolute Gasteiger partial charge is 0.249 e. The van der Waals surface area contributed by atoms with Crippen molar-refractivity contribution in [1.29, 1.82) is 0 Å². The van der Waals surface area contributed by atoms with Gasteiger partial charge in [-0.1, -0.05) is 17.8 Å². The van der Waals surface area contributed by atoms with E-state index in [0.29, 0.717) is 24.4 Å². The van der Waals surface area contributed by atoms with Crippen LogP contribution in [0.4, 0.5) is 5.95 Å². The predicted octanol–water partition coefficient (Wildman–Crippen LogP) is 2.57. The van der Waals surface area contributed by atoms with Crippen molar-refractivity contribution in [3.05, 3.63) is 41.3 Å². The number of pyridine rings is 1. The number of aryl methyl sites for hydroxylation is 2. The highest BCUT2D eigenvalue weighted by molar-refractivity contribution is 7.98. The van der Waals surface area contributed by atoms with Gasteiger partial charge in [-0.05, 0) is 44.2 Å². The number of carbonyl (C=O) groups excluding carboxylic acids is 1. The maximum Gasteiger partial charge on any atom is 0.249 e. The Morgan fingerprint density at radius 3 is 2.62 bits per heavy atom.